The van der Waals surface area contributed by atoms with Crippen molar-refractivity contribution in [3.05, 3.63) is 48.3 Å². The topological polar surface area (TPSA) is 62.5 Å². The number of halogens is 1. The predicted molar refractivity (Wildman–Crippen MR) is 129 cm³/mol. The van der Waals surface area contributed by atoms with Crippen LogP contribution in [0.3, 0.4) is 0 Å². The number of guanidine groups is 1. The normalized spacial score (nSPS) is 13.0. The highest BCUT2D eigenvalue weighted by Gasteiger charge is 2.18. The number of benzene rings is 1. The molecule has 0 aliphatic rings. The highest BCUT2D eigenvalue weighted by molar-refractivity contribution is 14.0. The minimum absolute atomic E-state index is 0. The molecule has 2 rings (SSSR count). The van der Waals surface area contributed by atoms with Crippen LogP contribution in [0.2, 0.25) is 0 Å². The molecule has 0 amide bonds. The summed E-state index contributed by atoms with van der Waals surface area (Å²) in [5.41, 5.74) is 2.14. The van der Waals surface area contributed by atoms with E-state index >= 15 is 0 Å². The van der Waals surface area contributed by atoms with Gasteiger partial charge in [-0.1, -0.05) is 18.2 Å². The van der Waals surface area contributed by atoms with Crippen molar-refractivity contribution in [1.82, 2.24) is 20.0 Å². The number of para-hydroxylation sites is 1. The third-order valence-electron chi connectivity index (χ3n) is 3.99. The van der Waals surface area contributed by atoms with E-state index < -0.39 is 10.8 Å². The fraction of sp³-hybridized carbons (Fsp3) is 0.500. The second-order valence-corrected chi connectivity index (χ2v) is 9.71. The van der Waals surface area contributed by atoms with Gasteiger partial charge < -0.3 is 10.2 Å². The number of hydrogen-bond acceptors (Lipinski definition) is 3. The molecule has 0 aliphatic heterocycles. The lowest BCUT2D eigenvalue weighted by Crippen LogP contribution is -2.38. The van der Waals surface area contributed by atoms with E-state index in [0.29, 0.717) is 18.8 Å². The summed E-state index contributed by atoms with van der Waals surface area (Å²) in [7, 11) is 1.11. The highest BCUT2D eigenvalue weighted by Crippen LogP contribution is 2.11. The molecule has 8 heteroatoms. The van der Waals surface area contributed by atoms with E-state index in [0.717, 1.165) is 23.8 Å². The standard InChI is InChI=1S/C20H31N5OS.HI/c1-6-21-19(22-12-13-27(26)20(2,3)4)24(5)15-17-14-23-25(16-17)18-10-8-7-9-11-18;/h7-11,14,16H,6,12-13,15H2,1-5H3,(H,21,22);1H. The summed E-state index contributed by atoms with van der Waals surface area (Å²) in [5.74, 6) is 1.38. The Morgan fingerprint density at radius 1 is 1.29 bits per heavy atom. The maximum absolute atomic E-state index is 12.2. The fourth-order valence-corrected chi connectivity index (χ4v) is 3.39. The second kappa shape index (κ2) is 11.5. The van der Waals surface area contributed by atoms with Gasteiger partial charge >= 0.3 is 0 Å². The maximum Gasteiger partial charge on any atom is 0.193 e. The molecule has 28 heavy (non-hydrogen) atoms. The average molecular weight is 517 g/mol. The summed E-state index contributed by atoms with van der Waals surface area (Å²) in [4.78, 5) is 6.70. The van der Waals surface area contributed by atoms with E-state index in [2.05, 4.69) is 20.3 Å². The molecule has 0 spiro atoms. The molecule has 0 aliphatic carbocycles. The van der Waals surface area contributed by atoms with Gasteiger partial charge in [0, 0.05) is 53.2 Å². The van der Waals surface area contributed by atoms with Crippen molar-refractivity contribution in [2.75, 3.05) is 25.9 Å². The molecule has 1 atom stereocenters. The Balaban J connectivity index is 0.00000392. The number of nitrogens with one attached hydrogen (secondary N) is 1. The monoisotopic (exact) mass is 517 g/mol. The summed E-state index contributed by atoms with van der Waals surface area (Å²) >= 11 is 0. The molecular weight excluding hydrogens is 485 g/mol. The van der Waals surface area contributed by atoms with Crippen LogP contribution in [0.1, 0.15) is 33.3 Å². The Kier molecular flexibility index (Phi) is 10.2. The van der Waals surface area contributed by atoms with Crippen LogP contribution in [0, 0.1) is 0 Å². The molecule has 0 bridgehead atoms. The third kappa shape index (κ3) is 7.54. The molecule has 0 radical (unpaired) electrons. The first-order valence-corrected chi connectivity index (χ1v) is 10.6. The molecule has 1 unspecified atom stereocenters. The van der Waals surface area contributed by atoms with Crippen LogP contribution in [-0.4, -0.2) is 55.5 Å². The zero-order valence-corrected chi connectivity index (χ0v) is 20.5. The quantitative estimate of drug-likeness (QED) is 0.348. The molecule has 1 aromatic carbocycles. The zero-order valence-electron chi connectivity index (χ0n) is 17.4. The lowest BCUT2D eigenvalue weighted by Gasteiger charge is -2.22. The first-order chi connectivity index (χ1) is 12.8. The van der Waals surface area contributed by atoms with Crippen LogP contribution in [0.25, 0.3) is 5.69 Å². The third-order valence-corrected chi connectivity index (χ3v) is 5.91. The van der Waals surface area contributed by atoms with Crippen LogP contribution >= 0.6 is 24.0 Å². The maximum atomic E-state index is 12.2. The van der Waals surface area contributed by atoms with Gasteiger partial charge in [-0.05, 0) is 39.8 Å². The number of rotatable bonds is 7. The summed E-state index contributed by atoms with van der Waals surface area (Å²) in [5, 5.41) is 7.75. The van der Waals surface area contributed by atoms with Crippen molar-refractivity contribution in [3.63, 3.8) is 0 Å². The Labute approximate surface area is 188 Å². The van der Waals surface area contributed by atoms with Gasteiger partial charge in [0.05, 0.1) is 18.4 Å². The van der Waals surface area contributed by atoms with Crippen molar-refractivity contribution in [2.24, 2.45) is 4.99 Å². The molecule has 0 fully saturated rings. The van der Waals surface area contributed by atoms with Crippen LogP contribution in [-0.2, 0) is 17.3 Å². The first-order valence-electron chi connectivity index (χ1n) is 9.28. The van der Waals surface area contributed by atoms with E-state index in [1.807, 2.05) is 82.1 Å². The van der Waals surface area contributed by atoms with Gasteiger partial charge in [0.1, 0.15) is 0 Å². The van der Waals surface area contributed by atoms with Gasteiger partial charge in [0.15, 0.2) is 5.96 Å². The molecule has 2 aromatic rings. The number of aromatic nitrogens is 2. The van der Waals surface area contributed by atoms with Crippen molar-refractivity contribution < 1.29 is 4.21 Å². The fourth-order valence-electron chi connectivity index (χ4n) is 2.52. The highest BCUT2D eigenvalue weighted by atomic mass is 127. The predicted octanol–water partition coefficient (Wildman–Crippen LogP) is 3.43. The summed E-state index contributed by atoms with van der Waals surface area (Å²) in [6, 6.07) is 10.1. The van der Waals surface area contributed by atoms with Crippen molar-refractivity contribution >= 4 is 40.7 Å². The number of nitrogens with zero attached hydrogens (tertiary/aromatic N) is 4. The minimum Gasteiger partial charge on any atom is -0.357 e. The summed E-state index contributed by atoms with van der Waals surface area (Å²) in [6.07, 6.45) is 3.91. The summed E-state index contributed by atoms with van der Waals surface area (Å²) < 4.78 is 13.9. The molecule has 1 aromatic heterocycles. The molecule has 1 heterocycles. The van der Waals surface area contributed by atoms with E-state index in [4.69, 9.17) is 0 Å². The van der Waals surface area contributed by atoms with Crippen molar-refractivity contribution in [2.45, 2.75) is 39.0 Å². The Morgan fingerprint density at radius 3 is 2.57 bits per heavy atom. The Hall–Kier alpha value is -1.42. The van der Waals surface area contributed by atoms with Crippen LogP contribution < -0.4 is 5.32 Å². The van der Waals surface area contributed by atoms with Gasteiger partial charge in [-0.3, -0.25) is 9.20 Å². The molecule has 0 saturated carbocycles. The Morgan fingerprint density at radius 2 is 1.96 bits per heavy atom. The van der Waals surface area contributed by atoms with E-state index in [9.17, 15) is 4.21 Å². The van der Waals surface area contributed by atoms with E-state index in [1.54, 1.807) is 0 Å². The smallest absolute Gasteiger partial charge is 0.193 e. The molecule has 1 N–H and O–H groups in total. The molecular formula is C20H32IN5OS. The number of hydrogen-bond donors (Lipinski definition) is 1. The SMILES string of the molecule is CCNC(=NCCS(=O)C(C)(C)C)N(C)Cc1cnn(-c2ccccc2)c1.I. The van der Waals surface area contributed by atoms with Gasteiger partial charge in [-0.2, -0.15) is 5.10 Å². The average Bonchev–Trinajstić information content (AvgIpc) is 3.09. The summed E-state index contributed by atoms with van der Waals surface area (Å²) in [6.45, 7) is 10.1. The van der Waals surface area contributed by atoms with Gasteiger partial charge in [-0.15, -0.1) is 24.0 Å². The largest absolute Gasteiger partial charge is 0.357 e. The molecule has 0 saturated heterocycles. The lowest BCUT2D eigenvalue weighted by atomic mass is 10.3. The molecule has 6 nitrogen and oxygen atoms in total. The van der Waals surface area contributed by atoms with E-state index in [-0.39, 0.29) is 28.7 Å². The zero-order chi connectivity index (χ0) is 19.9. The Bertz CT molecular complexity index is 770. The second-order valence-electron chi connectivity index (χ2n) is 7.38. The van der Waals surface area contributed by atoms with Gasteiger partial charge in [-0.25, -0.2) is 4.68 Å². The molecule has 156 valence electrons. The van der Waals surface area contributed by atoms with Crippen LogP contribution in [0.5, 0.6) is 0 Å². The lowest BCUT2D eigenvalue weighted by molar-refractivity contribution is 0.477. The van der Waals surface area contributed by atoms with E-state index in [1.165, 1.54) is 0 Å². The van der Waals surface area contributed by atoms with Gasteiger partial charge in [0.25, 0.3) is 0 Å². The minimum atomic E-state index is -0.893. The van der Waals surface area contributed by atoms with Crippen LogP contribution in [0.4, 0.5) is 0 Å². The first kappa shape index (κ1) is 24.6. The number of aliphatic imine (C=N–C) groups is 1. The van der Waals surface area contributed by atoms with Crippen molar-refractivity contribution in [1.29, 1.82) is 0 Å². The van der Waals surface area contributed by atoms with Crippen molar-refractivity contribution in [3.8, 4) is 5.69 Å². The van der Waals surface area contributed by atoms with Crippen LogP contribution in [0.15, 0.2) is 47.7 Å². The van der Waals surface area contributed by atoms with Gasteiger partial charge in [0.2, 0.25) is 0 Å².